The van der Waals surface area contributed by atoms with E-state index < -0.39 is 0 Å². The number of rotatable bonds is 3. The van der Waals surface area contributed by atoms with Crippen molar-refractivity contribution in [1.29, 1.82) is 0 Å². The van der Waals surface area contributed by atoms with Crippen molar-refractivity contribution in [3.8, 4) is 11.5 Å². The number of nitrogens with zero attached hydrogens (tertiary/aromatic N) is 4. The lowest BCUT2D eigenvalue weighted by Gasteiger charge is -2.07. The molecule has 3 rings (SSSR count). The molecular formula is C13H19Cl2N5. The van der Waals surface area contributed by atoms with E-state index in [0.717, 1.165) is 36.7 Å². The summed E-state index contributed by atoms with van der Waals surface area (Å²) in [6, 6.07) is 0. The van der Waals surface area contributed by atoms with E-state index in [1.165, 1.54) is 6.42 Å². The Morgan fingerprint density at radius 3 is 2.65 bits per heavy atom. The molecule has 1 atom stereocenters. The van der Waals surface area contributed by atoms with Crippen LogP contribution >= 0.6 is 24.8 Å². The van der Waals surface area contributed by atoms with E-state index in [2.05, 4.69) is 20.3 Å². The molecule has 0 spiro atoms. The summed E-state index contributed by atoms with van der Waals surface area (Å²) >= 11 is 0. The van der Waals surface area contributed by atoms with Gasteiger partial charge in [-0.2, -0.15) is 0 Å². The normalized spacial score (nSPS) is 17.4. The molecular weight excluding hydrogens is 297 g/mol. The molecule has 1 aliphatic rings. The zero-order chi connectivity index (χ0) is 12.4. The molecule has 2 aromatic rings. The largest absolute Gasteiger partial charge is 0.333 e. The number of halogens is 2. The second-order valence-electron chi connectivity index (χ2n) is 4.82. The number of nitrogens with one attached hydrogen (secondary N) is 1. The van der Waals surface area contributed by atoms with Gasteiger partial charge in [0, 0.05) is 25.6 Å². The van der Waals surface area contributed by atoms with Crippen LogP contribution < -0.4 is 5.32 Å². The van der Waals surface area contributed by atoms with Gasteiger partial charge in [0.05, 0.1) is 11.9 Å². The Bertz CT molecular complexity index is 520. The van der Waals surface area contributed by atoms with Crippen LogP contribution in [0.3, 0.4) is 0 Å². The highest BCUT2D eigenvalue weighted by atomic mass is 35.5. The average Bonchev–Trinajstić information content (AvgIpc) is 3.02. The van der Waals surface area contributed by atoms with Crippen molar-refractivity contribution in [3.63, 3.8) is 0 Å². The van der Waals surface area contributed by atoms with Crippen LogP contribution in [0.1, 0.15) is 12.1 Å². The van der Waals surface area contributed by atoms with E-state index in [9.17, 15) is 0 Å². The minimum absolute atomic E-state index is 0. The Morgan fingerprint density at radius 2 is 2.10 bits per heavy atom. The fourth-order valence-electron chi connectivity index (χ4n) is 2.37. The summed E-state index contributed by atoms with van der Waals surface area (Å²) in [6.07, 6.45) is 9.64. The van der Waals surface area contributed by atoms with Crippen LogP contribution in [0.25, 0.3) is 11.5 Å². The molecule has 1 N–H and O–H groups in total. The lowest BCUT2D eigenvalue weighted by atomic mass is 10.0. The summed E-state index contributed by atoms with van der Waals surface area (Å²) in [7, 11) is 1.96. The number of hydrogen-bond acceptors (Lipinski definition) is 4. The van der Waals surface area contributed by atoms with Gasteiger partial charge in [0.1, 0.15) is 5.69 Å². The third kappa shape index (κ3) is 3.69. The van der Waals surface area contributed by atoms with Crippen LogP contribution in [0.4, 0.5) is 0 Å². The Labute approximate surface area is 131 Å². The smallest absolute Gasteiger partial charge is 0.159 e. The SMILES string of the molecule is Cl.Cl.Cn1ccnc1-c1cnc(CC2CCNC2)cn1. The number of aromatic nitrogens is 4. The highest BCUT2D eigenvalue weighted by Gasteiger charge is 2.15. The molecule has 1 saturated heterocycles. The maximum absolute atomic E-state index is 4.50. The summed E-state index contributed by atoms with van der Waals surface area (Å²) in [4.78, 5) is 13.2. The van der Waals surface area contributed by atoms with E-state index in [1.807, 2.05) is 30.2 Å². The monoisotopic (exact) mass is 315 g/mol. The van der Waals surface area contributed by atoms with Crippen LogP contribution in [-0.4, -0.2) is 32.6 Å². The van der Waals surface area contributed by atoms with Crippen molar-refractivity contribution in [2.45, 2.75) is 12.8 Å². The highest BCUT2D eigenvalue weighted by molar-refractivity contribution is 5.85. The second-order valence-corrected chi connectivity index (χ2v) is 4.82. The summed E-state index contributed by atoms with van der Waals surface area (Å²) < 4.78 is 1.95. The van der Waals surface area contributed by atoms with Crippen molar-refractivity contribution < 1.29 is 0 Å². The lowest BCUT2D eigenvalue weighted by molar-refractivity contribution is 0.570. The first-order valence-electron chi connectivity index (χ1n) is 6.32. The molecule has 3 heterocycles. The van der Waals surface area contributed by atoms with Gasteiger partial charge >= 0.3 is 0 Å². The van der Waals surface area contributed by atoms with Gasteiger partial charge in [0.25, 0.3) is 0 Å². The molecule has 2 aromatic heterocycles. The zero-order valence-electron chi connectivity index (χ0n) is 11.3. The summed E-state index contributed by atoms with van der Waals surface area (Å²) in [5.74, 6) is 1.56. The van der Waals surface area contributed by atoms with E-state index in [4.69, 9.17) is 0 Å². The first-order chi connectivity index (χ1) is 8.83. The number of imidazole rings is 1. The van der Waals surface area contributed by atoms with Gasteiger partial charge in [0.15, 0.2) is 5.82 Å². The van der Waals surface area contributed by atoms with Gasteiger partial charge in [0.2, 0.25) is 0 Å². The maximum Gasteiger partial charge on any atom is 0.159 e. The highest BCUT2D eigenvalue weighted by Crippen LogP contribution is 2.16. The van der Waals surface area contributed by atoms with E-state index in [-0.39, 0.29) is 24.8 Å². The van der Waals surface area contributed by atoms with Crippen LogP contribution in [-0.2, 0) is 13.5 Å². The first kappa shape index (κ1) is 16.9. The Hall–Kier alpha value is -1.17. The van der Waals surface area contributed by atoms with E-state index >= 15 is 0 Å². The van der Waals surface area contributed by atoms with Crippen LogP contribution in [0, 0.1) is 5.92 Å². The lowest BCUT2D eigenvalue weighted by Crippen LogP contribution is -2.11. The third-order valence-electron chi connectivity index (χ3n) is 3.42. The Kier molecular flexibility index (Phi) is 6.39. The van der Waals surface area contributed by atoms with Crippen molar-refractivity contribution in [2.24, 2.45) is 13.0 Å². The van der Waals surface area contributed by atoms with Crippen molar-refractivity contribution in [3.05, 3.63) is 30.5 Å². The van der Waals surface area contributed by atoms with Gasteiger partial charge in [-0.25, -0.2) is 9.97 Å². The number of hydrogen-bond donors (Lipinski definition) is 1. The summed E-state index contributed by atoms with van der Waals surface area (Å²) in [6.45, 7) is 2.23. The fraction of sp³-hybridized carbons (Fsp3) is 0.462. The molecule has 110 valence electrons. The van der Waals surface area contributed by atoms with Crippen molar-refractivity contribution in [2.75, 3.05) is 13.1 Å². The van der Waals surface area contributed by atoms with Crippen LogP contribution in [0.5, 0.6) is 0 Å². The van der Waals surface area contributed by atoms with E-state index in [0.29, 0.717) is 5.92 Å². The summed E-state index contributed by atoms with van der Waals surface area (Å²) in [5, 5.41) is 3.37. The van der Waals surface area contributed by atoms with Gasteiger partial charge in [-0.3, -0.25) is 4.98 Å². The Morgan fingerprint density at radius 1 is 1.25 bits per heavy atom. The maximum atomic E-state index is 4.50. The molecule has 1 fully saturated rings. The topological polar surface area (TPSA) is 55.6 Å². The molecule has 1 aliphatic heterocycles. The van der Waals surface area contributed by atoms with Crippen LogP contribution in [0.15, 0.2) is 24.8 Å². The van der Waals surface area contributed by atoms with Gasteiger partial charge in [-0.1, -0.05) is 0 Å². The molecule has 0 amide bonds. The van der Waals surface area contributed by atoms with Crippen molar-refractivity contribution >= 4 is 24.8 Å². The average molecular weight is 316 g/mol. The van der Waals surface area contributed by atoms with E-state index in [1.54, 1.807) is 6.20 Å². The molecule has 0 aliphatic carbocycles. The molecule has 0 bridgehead atoms. The molecule has 1 unspecified atom stereocenters. The quantitative estimate of drug-likeness (QED) is 0.939. The third-order valence-corrected chi connectivity index (χ3v) is 3.42. The molecule has 0 radical (unpaired) electrons. The van der Waals surface area contributed by atoms with Gasteiger partial charge in [-0.15, -0.1) is 24.8 Å². The molecule has 5 nitrogen and oxygen atoms in total. The fourth-order valence-corrected chi connectivity index (χ4v) is 2.37. The predicted molar refractivity (Wildman–Crippen MR) is 83.4 cm³/mol. The molecule has 0 aromatic carbocycles. The van der Waals surface area contributed by atoms with Crippen LogP contribution in [0.2, 0.25) is 0 Å². The second kappa shape index (κ2) is 7.57. The minimum atomic E-state index is 0. The first-order valence-corrected chi connectivity index (χ1v) is 6.32. The Balaban J connectivity index is 0.000001000. The standard InChI is InChI=1S/C13H17N5.2ClH/c1-18-5-4-15-13(18)12-9-16-11(8-17-12)6-10-2-3-14-7-10;;/h4-5,8-10,14H,2-3,6-7H2,1H3;2*1H. The molecule has 0 saturated carbocycles. The van der Waals surface area contributed by atoms with Gasteiger partial charge in [-0.05, 0) is 31.8 Å². The number of aryl methyl sites for hydroxylation is 1. The molecule has 7 heteroatoms. The predicted octanol–water partition coefficient (Wildman–Crippen LogP) is 1.87. The molecule has 20 heavy (non-hydrogen) atoms. The zero-order valence-corrected chi connectivity index (χ0v) is 13.0. The van der Waals surface area contributed by atoms with Crippen molar-refractivity contribution in [1.82, 2.24) is 24.8 Å². The minimum Gasteiger partial charge on any atom is -0.333 e. The summed E-state index contributed by atoms with van der Waals surface area (Å²) in [5.41, 5.74) is 1.90. The van der Waals surface area contributed by atoms with Gasteiger partial charge < -0.3 is 9.88 Å².